The van der Waals surface area contributed by atoms with Gasteiger partial charge in [-0.3, -0.25) is 4.79 Å². The molecule has 0 heterocycles. The number of nitrogens with two attached hydrogens (primary N) is 2. The molecule has 1 aromatic carbocycles. The highest BCUT2D eigenvalue weighted by atomic mass is 19.1. The predicted molar refractivity (Wildman–Crippen MR) is 69.2 cm³/mol. The molecule has 6 N–H and O–H groups in total. The van der Waals surface area contributed by atoms with Crippen LogP contribution in [0.4, 0.5) is 15.8 Å². The third-order valence-corrected chi connectivity index (χ3v) is 2.65. The van der Waals surface area contributed by atoms with E-state index in [9.17, 15) is 14.0 Å². The predicted octanol–water partition coefficient (Wildman–Crippen LogP) is 1.03. The lowest BCUT2D eigenvalue weighted by Crippen LogP contribution is -2.39. The first-order chi connectivity index (χ1) is 8.73. The fourth-order valence-electron chi connectivity index (χ4n) is 1.61. The minimum atomic E-state index is -1.41. The molecule has 1 amide bonds. The number of primary amides is 1. The Kier molecular flexibility index (Phi) is 4.31. The minimum Gasteiger partial charge on any atom is -0.478 e. The Morgan fingerprint density at radius 3 is 2.37 bits per heavy atom. The molecule has 1 rings (SSSR count). The van der Waals surface area contributed by atoms with Crippen molar-refractivity contribution in [3.8, 4) is 0 Å². The number of nitrogens with one attached hydrogen (secondary N) is 1. The van der Waals surface area contributed by atoms with Gasteiger partial charge in [-0.25, -0.2) is 9.18 Å². The molecular formula is C12H16FN3O3. The number of carboxylic acid groups (broad SMARTS) is 1. The van der Waals surface area contributed by atoms with Gasteiger partial charge in [-0.05, 0) is 18.1 Å². The smallest absolute Gasteiger partial charge is 0.338 e. The number of carbonyl (C=O) groups is 2. The van der Waals surface area contributed by atoms with E-state index < -0.39 is 29.3 Å². The molecule has 0 radical (unpaired) electrons. The van der Waals surface area contributed by atoms with Crippen LogP contribution in [0.15, 0.2) is 12.1 Å². The molecule has 0 aromatic heterocycles. The van der Waals surface area contributed by atoms with Gasteiger partial charge in [0.1, 0.15) is 11.9 Å². The van der Waals surface area contributed by atoms with Gasteiger partial charge in [-0.2, -0.15) is 0 Å². The molecule has 104 valence electrons. The Morgan fingerprint density at radius 1 is 1.37 bits per heavy atom. The molecule has 0 bridgehead atoms. The van der Waals surface area contributed by atoms with Crippen molar-refractivity contribution in [2.45, 2.75) is 19.9 Å². The average Bonchev–Trinajstić information content (AvgIpc) is 2.28. The molecule has 6 nitrogen and oxygen atoms in total. The van der Waals surface area contributed by atoms with E-state index in [0.29, 0.717) is 0 Å². The molecule has 0 aliphatic carbocycles. The molecule has 0 aliphatic rings. The van der Waals surface area contributed by atoms with Crippen molar-refractivity contribution < 1.29 is 19.1 Å². The number of carboxylic acids is 1. The zero-order valence-corrected chi connectivity index (χ0v) is 10.6. The topological polar surface area (TPSA) is 118 Å². The standard InChI is InChI=1S/C12H16FN3O3/c1-5(2)10(11(15)17)16-9-4-7(13)6(12(18)19)3-8(9)14/h3-5,10,16H,14H2,1-2H3,(H2,15,17)(H,18,19). The highest BCUT2D eigenvalue weighted by Crippen LogP contribution is 2.25. The molecule has 0 saturated carbocycles. The third-order valence-electron chi connectivity index (χ3n) is 2.65. The van der Waals surface area contributed by atoms with Gasteiger partial charge in [0.15, 0.2) is 0 Å². The van der Waals surface area contributed by atoms with Gasteiger partial charge >= 0.3 is 5.97 Å². The van der Waals surface area contributed by atoms with Crippen LogP contribution in [-0.2, 0) is 4.79 Å². The van der Waals surface area contributed by atoms with Crippen molar-refractivity contribution in [1.29, 1.82) is 0 Å². The van der Waals surface area contributed by atoms with Crippen LogP contribution in [0.1, 0.15) is 24.2 Å². The minimum absolute atomic E-state index is 0.0331. The third kappa shape index (κ3) is 3.34. The molecule has 1 aromatic rings. The number of rotatable bonds is 5. The van der Waals surface area contributed by atoms with Gasteiger partial charge in [-0.15, -0.1) is 0 Å². The summed E-state index contributed by atoms with van der Waals surface area (Å²) in [6.45, 7) is 3.53. The molecule has 1 atom stereocenters. The van der Waals surface area contributed by atoms with Gasteiger partial charge < -0.3 is 21.9 Å². The lowest BCUT2D eigenvalue weighted by molar-refractivity contribution is -0.119. The largest absolute Gasteiger partial charge is 0.478 e. The monoisotopic (exact) mass is 269 g/mol. The molecule has 0 spiro atoms. The van der Waals surface area contributed by atoms with Crippen molar-refractivity contribution in [1.82, 2.24) is 0 Å². The van der Waals surface area contributed by atoms with Gasteiger partial charge in [0.25, 0.3) is 0 Å². The van der Waals surface area contributed by atoms with E-state index in [0.717, 1.165) is 12.1 Å². The summed E-state index contributed by atoms with van der Waals surface area (Å²) >= 11 is 0. The molecule has 0 aliphatic heterocycles. The summed E-state index contributed by atoms with van der Waals surface area (Å²) < 4.78 is 13.5. The summed E-state index contributed by atoms with van der Waals surface area (Å²) in [5.74, 6) is -3.07. The number of amides is 1. The Bertz CT molecular complexity index is 517. The second-order valence-electron chi connectivity index (χ2n) is 4.49. The lowest BCUT2D eigenvalue weighted by atomic mass is 10.0. The number of hydrogen-bond acceptors (Lipinski definition) is 4. The van der Waals surface area contributed by atoms with E-state index >= 15 is 0 Å². The summed E-state index contributed by atoms with van der Waals surface area (Å²) in [4.78, 5) is 22.0. The van der Waals surface area contributed by atoms with Gasteiger partial charge in [0, 0.05) is 0 Å². The van der Waals surface area contributed by atoms with Crippen molar-refractivity contribution in [2.75, 3.05) is 11.1 Å². The molecule has 19 heavy (non-hydrogen) atoms. The van der Waals surface area contributed by atoms with E-state index in [4.69, 9.17) is 16.6 Å². The molecule has 7 heteroatoms. The first-order valence-electron chi connectivity index (χ1n) is 5.62. The number of aromatic carboxylic acids is 1. The number of nitrogen functional groups attached to an aromatic ring is 1. The fraction of sp³-hybridized carbons (Fsp3) is 0.333. The van der Waals surface area contributed by atoms with Gasteiger partial charge in [-0.1, -0.05) is 13.8 Å². The summed E-state index contributed by atoms with van der Waals surface area (Å²) in [5, 5.41) is 11.5. The highest BCUT2D eigenvalue weighted by Gasteiger charge is 2.21. The van der Waals surface area contributed by atoms with Crippen LogP contribution in [0.25, 0.3) is 0 Å². The van der Waals surface area contributed by atoms with Crippen LogP contribution >= 0.6 is 0 Å². The number of hydrogen-bond donors (Lipinski definition) is 4. The summed E-state index contributed by atoms with van der Waals surface area (Å²) in [7, 11) is 0. The molecule has 0 saturated heterocycles. The van der Waals surface area contributed by atoms with Crippen LogP contribution in [-0.4, -0.2) is 23.0 Å². The summed E-state index contributed by atoms with van der Waals surface area (Å²) in [5.41, 5.74) is 10.5. The van der Waals surface area contributed by atoms with Gasteiger partial charge in [0.05, 0.1) is 16.9 Å². The Labute approximate surface area is 109 Å². The zero-order valence-electron chi connectivity index (χ0n) is 10.6. The molecular weight excluding hydrogens is 253 g/mol. The van der Waals surface area contributed by atoms with Crippen LogP contribution in [0, 0.1) is 11.7 Å². The Hall–Kier alpha value is -2.31. The maximum atomic E-state index is 13.5. The zero-order chi connectivity index (χ0) is 14.7. The van der Waals surface area contributed by atoms with E-state index in [1.54, 1.807) is 13.8 Å². The van der Waals surface area contributed by atoms with Crippen molar-refractivity contribution in [2.24, 2.45) is 11.7 Å². The van der Waals surface area contributed by atoms with Crippen LogP contribution < -0.4 is 16.8 Å². The van der Waals surface area contributed by atoms with E-state index in [1.807, 2.05) is 0 Å². The fourth-order valence-corrected chi connectivity index (χ4v) is 1.61. The van der Waals surface area contributed by atoms with Crippen LogP contribution in [0.5, 0.6) is 0 Å². The molecule has 1 unspecified atom stereocenters. The van der Waals surface area contributed by atoms with Gasteiger partial charge in [0.2, 0.25) is 5.91 Å². The Morgan fingerprint density at radius 2 is 1.95 bits per heavy atom. The van der Waals surface area contributed by atoms with Crippen molar-refractivity contribution >= 4 is 23.3 Å². The number of benzene rings is 1. The number of halogens is 1. The van der Waals surface area contributed by atoms with E-state index in [-0.39, 0.29) is 17.3 Å². The highest BCUT2D eigenvalue weighted by molar-refractivity contribution is 5.91. The van der Waals surface area contributed by atoms with Crippen LogP contribution in [0.2, 0.25) is 0 Å². The first kappa shape index (κ1) is 14.7. The maximum Gasteiger partial charge on any atom is 0.338 e. The second-order valence-corrected chi connectivity index (χ2v) is 4.49. The Balaban J connectivity index is 3.12. The quantitative estimate of drug-likeness (QED) is 0.595. The maximum absolute atomic E-state index is 13.5. The summed E-state index contributed by atoms with van der Waals surface area (Å²) in [6, 6.07) is 1.22. The first-order valence-corrected chi connectivity index (χ1v) is 5.62. The normalized spacial score (nSPS) is 12.2. The lowest BCUT2D eigenvalue weighted by Gasteiger charge is -2.21. The number of carbonyl (C=O) groups excluding carboxylic acids is 1. The van der Waals surface area contributed by atoms with Crippen molar-refractivity contribution in [3.63, 3.8) is 0 Å². The van der Waals surface area contributed by atoms with Crippen LogP contribution in [0.3, 0.4) is 0 Å². The van der Waals surface area contributed by atoms with E-state index in [2.05, 4.69) is 5.32 Å². The molecule has 0 fully saturated rings. The summed E-state index contributed by atoms with van der Waals surface area (Å²) in [6.07, 6.45) is 0. The second kappa shape index (κ2) is 5.55. The number of anilines is 2. The van der Waals surface area contributed by atoms with Crippen molar-refractivity contribution in [3.05, 3.63) is 23.5 Å². The SMILES string of the molecule is CC(C)C(Nc1cc(F)c(C(=O)O)cc1N)C(N)=O. The average molecular weight is 269 g/mol. The van der Waals surface area contributed by atoms with E-state index in [1.165, 1.54) is 0 Å².